The van der Waals surface area contributed by atoms with Gasteiger partial charge in [0.1, 0.15) is 6.10 Å². The van der Waals surface area contributed by atoms with E-state index in [-0.39, 0.29) is 0 Å². The minimum Gasteiger partial charge on any atom is -0.383 e. The summed E-state index contributed by atoms with van der Waals surface area (Å²) in [6.45, 7) is 1.17. The number of nitrogens with zero attached hydrogens (tertiary/aromatic N) is 4. The Labute approximate surface area is 99.5 Å². The molecule has 2 heterocycles. The van der Waals surface area contributed by atoms with Crippen molar-refractivity contribution in [2.75, 3.05) is 13.7 Å². The second-order valence-electron chi connectivity index (χ2n) is 3.84. The number of hydrogen-bond donors (Lipinski definition) is 1. The molecule has 6 nitrogen and oxygen atoms in total. The summed E-state index contributed by atoms with van der Waals surface area (Å²) in [6, 6.07) is 1.79. The molecule has 2 rings (SSSR count). The molecule has 0 aliphatic rings. The van der Waals surface area contributed by atoms with E-state index in [0.717, 1.165) is 5.69 Å². The summed E-state index contributed by atoms with van der Waals surface area (Å²) < 4.78 is 8.52. The first-order valence-electron chi connectivity index (χ1n) is 5.39. The first-order chi connectivity index (χ1) is 8.22. The SMILES string of the molecule is COCCn1nccc1C(O)c1cn(C)cn1. The fraction of sp³-hybridized carbons (Fsp3) is 0.455. The van der Waals surface area contributed by atoms with Gasteiger partial charge in [-0.3, -0.25) is 4.68 Å². The summed E-state index contributed by atoms with van der Waals surface area (Å²) in [5.74, 6) is 0. The van der Waals surface area contributed by atoms with Gasteiger partial charge in [-0.15, -0.1) is 0 Å². The average molecular weight is 236 g/mol. The van der Waals surface area contributed by atoms with Crippen LogP contribution in [0.25, 0.3) is 0 Å². The van der Waals surface area contributed by atoms with Crippen LogP contribution in [0.15, 0.2) is 24.8 Å². The Hall–Kier alpha value is -1.66. The number of aliphatic hydroxyl groups excluding tert-OH is 1. The molecule has 17 heavy (non-hydrogen) atoms. The van der Waals surface area contributed by atoms with Gasteiger partial charge < -0.3 is 14.4 Å². The molecule has 0 bridgehead atoms. The molecule has 6 heteroatoms. The van der Waals surface area contributed by atoms with E-state index in [1.807, 2.05) is 7.05 Å². The smallest absolute Gasteiger partial charge is 0.139 e. The van der Waals surface area contributed by atoms with E-state index < -0.39 is 6.10 Å². The van der Waals surface area contributed by atoms with Gasteiger partial charge in [0, 0.05) is 26.6 Å². The van der Waals surface area contributed by atoms with Crippen LogP contribution >= 0.6 is 0 Å². The van der Waals surface area contributed by atoms with Gasteiger partial charge in [-0.25, -0.2) is 4.98 Å². The molecule has 1 unspecified atom stereocenters. The molecular formula is C11H16N4O2. The minimum atomic E-state index is -0.754. The van der Waals surface area contributed by atoms with Gasteiger partial charge in [0.25, 0.3) is 0 Å². The molecule has 1 N–H and O–H groups in total. The highest BCUT2D eigenvalue weighted by molar-refractivity contribution is 5.16. The fourth-order valence-corrected chi connectivity index (χ4v) is 1.67. The van der Waals surface area contributed by atoms with Crippen LogP contribution in [0.5, 0.6) is 0 Å². The van der Waals surface area contributed by atoms with Crippen LogP contribution in [0.2, 0.25) is 0 Å². The Balaban J connectivity index is 2.18. The molecule has 2 aromatic rings. The van der Waals surface area contributed by atoms with Crippen molar-refractivity contribution in [2.45, 2.75) is 12.6 Å². The Morgan fingerprint density at radius 3 is 3.00 bits per heavy atom. The van der Waals surface area contributed by atoms with Crippen LogP contribution in [-0.2, 0) is 18.3 Å². The van der Waals surface area contributed by atoms with E-state index in [1.54, 1.807) is 41.1 Å². The molecule has 1 atom stereocenters. The molecule has 0 aromatic carbocycles. The summed E-state index contributed by atoms with van der Waals surface area (Å²) in [7, 11) is 3.50. The van der Waals surface area contributed by atoms with Crippen molar-refractivity contribution < 1.29 is 9.84 Å². The first-order valence-corrected chi connectivity index (χ1v) is 5.39. The van der Waals surface area contributed by atoms with Crippen molar-refractivity contribution >= 4 is 0 Å². The summed E-state index contributed by atoms with van der Waals surface area (Å²) in [5, 5.41) is 14.3. The standard InChI is InChI=1S/C11H16N4O2/c1-14-7-9(12-8-14)11(16)10-3-4-13-15(10)5-6-17-2/h3-4,7-8,11,16H,5-6H2,1-2H3. The van der Waals surface area contributed by atoms with Gasteiger partial charge in [0.15, 0.2) is 0 Å². The monoisotopic (exact) mass is 236 g/mol. The molecule has 0 fully saturated rings. The molecule has 0 radical (unpaired) electrons. The quantitative estimate of drug-likeness (QED) is 0.813. The topological polar surface area (TPSA) is 65.1 Å². The molecule has 2 aromatic heterocycles. The van der Waals surface area contributed by atoms with E-state index in [0.29, 0.717) is 18.8 Å². The van der Waals surface area contributed by atoms with E-state index in [4.69, 9.17) is 4.74 Å². The summed E-state index contributed by atoms with van der Waals surface area (Å²) in [4.78, 5) is 4.13. The van der Waals surface area contributed by atoms with Crippen LogP contribution in [0, 0.1) is 0 Å². The Kier molecular flexibility index (Phi) is 3.55. The van der Waals surface area contributed by atoms with E-state index in [1.165, 1.54) is 0 Å². The number of methoxy groups -OCH3 is 1. The number of rotatable bonds is 5. The third-order valence-corrected chi connectivity index (χ3v) is 2.54. The largest absolute Gasteiger partial charge is 0.383 e. The number of imidazole rings is 1. The van der Waals surface area contributed by atoms with Crippen molar-refractivity contribution in [2.24, 2.45) is 7.05 Å². The number of aryl methyl sites for hydroxylation is 1. The molecule has 92 valence electrons. The number of hydrogen-bond acceptors (Lipinski definition) is 4. The van der Waals surface area contributed by atoms with Crippen molar-refractivity contribution in [3.05, 3.63) is 36.2 Å². The molecule has 0 amide bonds. The highest BCUT2D eigenvalue weighted by Crippen LogP contribution is 2.19. The third kappa shape index (κ3) is 2.54. The third-order valence-electron chi connectivity index (χ3n) is 2.54. The Bertz CT molecular complexity index is 477. The van der Waals surface area contributed by atoms with Gasteiger partial charge >= 0.3 is 0 Å². The predicted molar refractivity (Wildman–Crippen MR) is 61.4 cm³/mol. The van der Waals surface area contributed by atoms with Crippen molar-refractivity contribution in [1.82, 2.24) is 19.3 Å². The minimum absolute atomic E-state index is 0.559. The molecule has 0 saturated carbocycles. The molecule has 0 aliphatic carbocycles. The summed E-state index contributed by atoms with van der Waals surface area (Å²) in [6.07, 6.45) is 4.36. The first kappa shape index (κ1) is 11.8. The molecule has 0 saturated heterocycles. The van der Waals surface area contributed by atoms with Crippen LogP contribution in [0.4, 0.5) is 0 Å². The maximum Gasteiger partial charge on any atom is 0.139 e. The maximum absolute atomic E-state index is 10.2. The van der Waals surface area contributed by atoms with Crippen molar-refractivity contribution in [3.8, 4) is 0 Å². The maximum atomic E-state index is 10.2. The Morgan fingerprint density at radius 2 is 2.35 bits per heavy atom. The number of ether oxygens (including phenoxy) is 1. The second-order valence-corrected chi connectivity index (χ2v) is 3.84. The van der Waals surface area contributed by atoms with E-state index in [2.05, 4.69) is 10.1 Å². The molecular weight excluding hydrogens is 220 g/mol. The van der Waals surface area contributed by atoms with Crippen LogP contribution in [0.3, 0.4) is 0 Å². The highest BCUT2D eigenvalue weighted by Gasteiger charge is 2.17. The Morgan fingerprint density at radius 1 is 1.53 bits per heavy atom. The lowest BCUT2D eigenvalue weighted by Gasteiger charge is -2.11. The zero-order chi connectivity index (χ0) is 12.3. The predicted octanol–water partition coefficient (Wildman–Crippen LogP) is 0.345. The zero-order valence-corrected chi connectivity index (χ0v) is 9.95. The van der Waals surface area contributed by atoms with Crippen LogP contribution in [-0.4, -0.2) is 38.2 Å². The van der Waals surface area contributed by atoms with Gasteiger partial charge in [-0.2, -0.15) is 5.10 Å². The van der Waals surface area contributed by atoms with Crippen LogP contribution < -0.4 is 0 Å². The van der Waals surface area contributed by atoms with Crippen molar-refractivity contribution in [1.29, 1.82) is 0 Å². The lowest BCUT2D eigenvalue weighted by molar-refractivity contribution is 0.170. The van der Waals surface area contributed by atoms with Gasteiger partial charge in [0.2, 0.25) is 0 Å². The number of aliphatic hydroxyl groups is 1. The fourth-order valence-electron chi connectivity index (χ4n) is 1.67. The van der Waals surface area contributed by atoms with Gasteiger partial charge in [0.05, 0.1) is 30.9 Å². The molecule has 0 aliphatic heterocycles. The summed E-state index contributed by atoms with van der Waals surface area (Å²) in [5.41, 5.74) is 1.34. The summed E-state index contributed by atoms with van der Waals surface area (Å²) >= 11 is 0. The number of aromatic nitrogens is 4. The van der Waals surface area contributed by atoms with E-state index in [9.17, 15) is 5.11 Å². The normalized spacial score (nSPS) is 12.9. The van der Waals surface area contributed by atoms with E-state index >= 15 is 0 Å². The highest BCUT2D eigenvalue weighted by atomic mass is 16.5. The van der Waals surface area contributed by atoms with Gasteiger partial charge in [-0.05, 0) is 6.07 Å². The lowest BCUT2D eigenvalue weighted by atomic mass is 10.2. The lowest BCUT2D eigenvalue weighted by Crippen LogP contribution is -2.13. The average Bonchev–Trinajstić information content (AvgIpc) is 2.94. The van der Waals surface area contributed by atoms with Crippen molar-refractivity contribution in [3.63, 3.8) is 0 Å². The van der Waals surface area contributed by atoms with Gasteiger partial charge in [-0.1, -0.05) is 0 Å². The van der Waals surface area contributed by atoms with Crippen LogP contribution in [0.1, 0.15) is 17.5 Å². The molecule has 0 spiro atoms. The zero-order valence-electron chi connectivity index (χ0n) is 9.95. The second kappa shape index (κ2) is 5.11.